The summed E-state index contributed by atoms with van der Waals surface area (Å²) in [4.78, 5) is 5.05. The number of fused-ring (bicyclic) bond motifs is 2. The highest BCUT2D eigenvalue weighted by molar-refractivity contribution is 6.02. The molecule has 3 nitrogen and oxygen atoms in total. The Labute approximate surface area is 226 Å². The highest BCUT2D eigenvalue weighted by atomic mass is 16.5. The lowest BCUT2D eigenvalue weighted by molar-refractivity contribution is 0.308. The summed E-state index contributed by atoms with van der Waals surface area (Å²) < 4.78 is 6.49. The van der Waals surface area contributed by atoms with Gasteiger partial charge in [0.15, 0.2) is 0 Å². The Kier molecular flexibility index (Phi) is 6.23. The summed E-state index contributed by atoms with van der Waals surface area (Å²) in [7, 11) is 0. The van der Waals surface area contributed by atoms with E-state index in [0.717, 1.165) is 25.5 Å². The molecule has 0 bridgehead atoms. The Morgan fingerprint density at radius 3 is 1.61 bits per heavy atom. The SMILES string of the molecule is Cc1cc(C)c(N2CCN(c3c(C)cc(OCc4c5ccccc5cc5ccccc45)cc3C)C2)c(C)c1. The topological polar surface area (TPSA) is 15.7 Å². The van der Waals surface area contributed by atoms with E-state index in [1.54, 1.807) is 0 Å². The Bertz CT molecular complexity index is 1570. The predicted octanol–water partition coefficient (Wildman–Crippen LogP) is 8.40. The van der Waals surface area contributed by atoms with Crippen molar-refractivity contribution in [2.24, 2.45) is 0 Å². The molecule has 0 spiro atoms. The largest absolute Gasteiger partial charge is 0.489 e. The number of benzene rings is 5. The first kappa shape index (κ1) is 24.4. The van der Waals surface area contributed by atoms with Crippen LogP contribution in [-0.4, -0.2) is 19.8 Å². The van der Waals surface area contributed by atoms with Gasteiger partial charge in [-0.05, 0) is 96.6 Å². The van der Waals surface area contributed by atoms with E-state index in [9.17, 15) is 0 Å². The molecule has 3 heteroatoms. The van der Waals surface area contributed by atoms with Crippen LogP contribution in [0, 0.1) is 34.6 Å². The molecule has 1 heterocycles. The maximum atomic E-state index is 6.49. The lowest BCUT2D eigenvalue weighted by Crippen LogP contribution is -2.27. The molecular formula is C35H36N2O. The van der Waals surface area contributed by atoms with Crippen LogP contribution >= 0.6 is 0 Å². The first-order chi connectivity index (χ1) is 18.4. The van der Waals surface area contributed by atoms with Crippen molar-refractivity contribution in [1.82, 2.24) is 0 Å². The van der Waals surface area contributed by atoms with Crippen LogP contribution in [0.3, 0.4) is 0 Å². The van der Waals surface area contributed by atoms with Gasteiger partial charge in [0, 0.05) is 30.0 Å². The second kappa shape index (κ2) is 9.72. The number of anilines is 2. The average molecular weight is 501 g/mol. The molecule has 0 aromatic heterocycles. The van der Waals surface area contributed by atoms with E-state index in [2.05, 4.69) is 123 Å². The van der Waals surface area contributed by atoms with Crippen molar-refractivity contribution in [3.8, 4) is 5.75 Å². The molecule has 0 unspecified atom stereocenters. The van der Waals surface area contributed by atoms with E-state index in [0.29, 0.717) is 6.61 Å². The van der Waals surface area contributed by atoms with Crippen LogP contribution in [-0.2, 0) is 6.61 Å². The molecule has 1 aliphatic rings. The second-order valence-electron chi connectivity index (χ2n) is 10.9. The number of aryl methyl sites for hydroxylation is 5. The molecular weight excluding hydrogens is 464 g/mol. The standard InChI is InChI=1S/C35H36N2O/c1-23-16-24(2)34(25(3)17-23)36-14-15-37(22-36)35-26(4)18-30(19-27(35)5)38-21-33-31-12-8-6-10-28(31)20-29-11-7-9-13-32(29)33/h6-13,16-20H,14-15,21-22H2,1-5H3. The molecule has 1 saturated heterocycles. The Balaban J connectivity index is 1.26. The van der Waals surface area contributed by atoms with E-state index >= 15 is 0 Å². The number of hydrogen-bond acceptors (Lipinski definition) is 3. The minimum Gasteiger partial charge on any atom is -0.489 e. The summed E-state index contributed by atoms with van der Waals surface area (Å²) in [5.74, 6) is 0.932. The minimum absolute atomic E-state index is 0.545. The van der Waals surface area contributed by atoms with E-state index in [1.165, 1.54) is 66.3 Å². The summed E-state index contributed by atoms with van der Waals surface area (Å²) in [5, 5.41) is 5.03. The van der Waals surface area contributed by atoms with Crippen LogP contribution in [0.4, 0.5) is 11.4 Å². The van der Waals surface area contributed by atoms with Crippen molar-refractivity contribution in [2.45, 2.75) is 41.2 Å². The normalized spacial score (nSPS) is 13.6. The van der Waals surface area contributed by atoms with Crippen LogP contribution in [0.25, 0.3) is 21.5 Å². The summed E-state index contributed by atoms with van der Waals surface area (Å²) in [6, 6.07) is 28.5. The third-order valence-corrected chi connectivity index (χ3v) is 7.98. The van der Waals surface area contributed by atoms with Crippen molar-refractivity contribution in [3.63, 3.8) is 0 Å². The first-order valence-electron chi connectivity index (χ1n) is 13.6. The third kappa shape index (κ3) is 4.36. The Morgan fingerprint density at radius 1 is 0.605 bits per heavy atom. The zero-order valence-electron chi connectivity index (χ0n) is 23.1. The molecule has 5 aromatic carbocycles. The van der Waals surface area contributed by atoms with Gasteiger partial charge < -0.3 is 14.5 Å². The summed E-state index contributed by atoms with van der Waals surface area (Å²) in [6.45, 7) is 14.6. The maximum absolute atomic E-state index is 6.49. The molecule has 0 amide bonds. The van der Waals surface area contributed by atoms with Crippen LogP contribution in [0.15, 0.2) is 78.9 Å². The zero-order chi connectivity index (χ0) is 26.4. The van der Waals surface area contributed by atoms with Crippen molar-refractivity contribution in [2.75, 3.05) is 29.6 Å². The maximum Gasteiger partial charge on any atom is 0.120 e. The van der Waals surface area contributed by atoms with Gasteiger partial charge in [-0.2, -0.15) is 0 Å². The molecule has 0 N–H and O–H groups in total. The highest BCUT2D eigenvalue weighted by Crippen LogP contribution is 2.35. The number of nitrogens with zero attached hydrogens (tertiary/aromatic N) is 2. The van der Waals surface area contributed by atoms with E-state index < -0.39 is 0 Å². The molecule has 1 fully saturated rings. The lowest BCUT2D eigenvalue weighted by Gasteiger charge is -2.27. The number of hydrogen-bond donors (Lipinski definition) is 0. The van der Waals surface area contributed by atoms with E-state index in [4.69, 9.17) is 4.74 Å². The smallest absolute Gasteiger partial charge is 0.120 e. The van der Waals surface area contributed by atoms with Crippen molar-refractivity contribution in [3.05, 3.63) is 112 Å². The van der Waals surface area contributed by atoms with Gasteiger partial charge in [0.05, 0.1) is 6.67 Å². The quantitative estimate of drug-likeness (QED) is 0.225. The fraction of sp³-hybridized carbons (Fsp3) is 0.257. The third-order valence-electron chi connectivity index (χ3n) is 7.98. The van der Waals surface area contributed by atoms with E-state index in [-0.39, 0.29) is 0 Å². The molecule has 192 valence electrons. The molecule has 38 heavy (non-hydrogen) atoms. The summed E-state index contributed by atoms with van der Waals surface area (Å²) >= 11 is 0. The molecule has 6 rings (SSSR count). The molecule has 0 aliphatic carbocycles. The van der Waals surface area contributed by atoms with E-state index in [1.807, 2.05) is 0 Å². The Hall–Kier alpha value is -3.98. The van der Waals surface area contributed by atoms with Crippen molar-refractivity contribution in [1.29, 1.82) is 0 Å². The van der Waals surface area contributed by atoms with Gasteiger partial charge >= 0.3 is 0 Å². The minimum atomic E-state index is 0.545. The zero-order valence-corrected chi connectivity index (χ0v) is 23.1. The van der Waals surface area contributed by atoms with Gasteiger partial charge in [-0.15, -0.1) is 0 Å². The van der Waals surface area contributed by atoms with Gasteiger partial charge in [0.2, 0.25) is 0 Å². The van der Waals surface area contributed by atoms with Crippen molar-refractivity contribution < 1.29 is 4.74 Å². The van der Waals surface area contributed by atoms with Gasteiger partial charge in [0.25, 0.3) is 0 Å². The average Bonchev–Trinajstić information content (AvgIpc) is 3.34. The molecule has 0 atom stereocenters. The van der Waals surface area contributed by atoms with Crippen LogP contribution in [0.2, 0.25) is 0 Å². The van der Waals surface area contributed by atoms with Crippen LogP contribution in [0.1, 0.15) is 33.4 Å². The van der Waals surface area contributed by atoms with Crippen LogP contribution in [0.5, 0.6) is 5.75 Å². The summed E-state index contributed by atoms with van der Waals surface area (Å²) in [5.41, 5.74) is 10.6. The fourth-order valence-corrected chi connectivity index (χ4v) is 6.54. The first-order valence-corrected chi connectivity index (χ1v) is 13.6. The van der Waals surface area contributed by atoms with Crippen molar-refractivity contribution >= 4 is 32.9 Å². The predicted molar refractivity (Wildman–Crippen MR) is 162 cm³/mol. The van der Waals surface area contributed by atoms with Crippen LogP contribution < -0.4 is 14.5 Å². The summed E-state index contributed by atoms with van der Waals surface area (Å²) in [6.07, 6.45) is 0. The second-order valence-corrected chi connectivity index (χ2v) is 10.9. The number of ether oxygens (including phenoxy) is 1. The lowest BCUT2D eigenvalue weighted by atomic mass is 9.97. The molecule has 1 aliphatic heterocycles. The molecule has 0 saturated carbocycles. The van der Waals surface area contributed by atoms with Gasteiger partial charge in [-0.1, -0.05) is 66.2 Å². The van der Waals surface area contributed by atoms with Gasteiger partial charge in [0.1, 0.15) is 12.4 Å². The van der Waals surface area contributed by atoms with Gasteiger partial charge in [-0.25, -0.2) is 0 Å². The number of rotatable bonds is 5. The molecule has 0 radical (unpaired) electrons. The monoisotopic (exact) mass is 500 g/mol. The fourth-order valence-electron chi connectivity index (χ4n) is 6.54. The van der Waals surface area contributed by atoms with Gasteiger partial charge in [-0.3, -0.25) is 0 Å². The molecule has 5 aromatic rings. The highest BCUT2D eigenvalue weighted by Gasteiger charge is 2.25. The Morgan fingerprint density at radius 2 is 1.08 bits per heavy atom.